The monoisotopic (exact) mass is 536 g/mol. The summed E-state index contributed by atoms with van der Waals surface area (Å²) in [5.74, 6) is 0. The molecule has 0 saturated carbocycles. The molecule has 2 nitrogen and oxygen atoms in total. The van der Waals surface area contributed by atoms with Gasteiger partial charge in [-0.05, 0) is 48.2 Å². The van der Waals surface area contributed by atoms with E-state index in [1.807, 2.05) is 12.1 Å². The fourth-order valence-corrected chi connectivity index (χ4v) is 3.94. The van der Waals surface area contributed by atoms with Gasteiger partial charge in [0.1, 0.15) is 0 Å². The second kappa shape index (κ2) is 9.90. The molecule has 31 heavy (non-hydrogen) atoms. The Bertz CT molecular complexity index is 1240. The number of nitrogens with zero attached hydrogens (tertiary/aromatic N) is 2. The zero-order valence-corrected chi connectivity index (χ0v) is 20.1. The van der Waals surface area contributed by atoms with Crippen LogP contribution in [0.4, 0.5) is 0 Å². The molecular formula is C26H20Cl2N2Pd. The molecule has 0 unspecified atom stereocenters. The van der Waals surface area contributed by atoms with E-state index in [1.54, 1.807) is 0 Å². The van der Waals surface area contributed by atoms with Crippen LogP contribution in [0.15, 0.2) is 84.9 Å². The number of fused-ring (bicyclic) bond motifs is 3. The van der Waals surface area contributed by atoms with E-state index in [0.29, 0.717) is 0 Å². The molecule has 0 bridgehead atoms. The second-order valence-corrected chi connectivity index (χ2v) is 9.62. The van der Waals surface area contributed by atoms with Gasteiger partial charge in [-0.1, -0.05) is 72.8 Å². The van der Waals surface area contributed by atoms with Crippen molar-refractivity contribution < 1.29 is 15.9 Å². The molecule has 0 fully saturated rings. The first-order valence-corrected chi connectivity index (χ1v) is 13.8. The summed E-state index contributed by atoms with van der Waals surface area (Å²) in [5.41, 5.74) is 8.76. The number of pyridine rings is 2. The third-order valence-electron chi connectivity index (χ3n) is 5.18. The molecule has 0 saturated heterocycles. The molecule has 5 aromatic rings. The average Bonchev–Trinajstić information content (AvgIpc) is 2.80. The summed E-state index contributed by atoms with van der Waals surface area (Å²) in [7, 11) is 9.63. The molecule has 3 aromatic carbocycles. The third-order valence-corrected chi connectivity index (χ3v) is 5.18. The predicted octanol–water partition coefficient (Wildman–Crippen LogP) is 8.11. The van der Waals surface area contributed by atoms with Crippen molar-refractivity contribution in [3.63, 3.8) is 0 Å². The normalized spacial score (nSPS) is 10.8. The van der Waals surface area contributed by atoms with Crippen LogP contribution in [0.5, 0.6) is 0 Å². The zero-order valence-electron chi connectivity index (χ0n) is 17.0. The number of aromatic nitrogens is 2. The molecule has 0 aliphatic heterocycles. The van der Waals surface area contributed by atoms with E-state index in [0.717, 1.165) is 33.2 Å². The van der Waals surface area contributed by atoms with Gasteiger partial charge in [-0.15, -0.1) is 0 Å². The van der Waals surface area contributed by atoms with Gasteiger partial charge in [0.25, 0.3) is 0 Å². The van der Waals surface area contributed by atoms with Crippen LogP contribution < -0.4 is 0 Å². The summed E-state index contributed by atoms with van der Waals surface area (Å²) >= 11 is -0.106. The molecule has 0 radical (unpaired) electrons. The Morgan fingerprint density at radius 3 is 1.29 bits per heavy atom. The van der Waals surface area contributed by atoms with Crippen molar-refractivity contribution in [2.75, 3.05) is 0 Å². The standard InChI is InChI=1S/C26H20N2.2ClH.Pd/c1-17-15-23(19-9-5-3-6-10-19)21-13-14-22-24(20-11-7-4-8-12-20)16-18(2)28-26(22)25(21)27-17;;;/h3-16H,1-2H3;2*1H;/q;;;+2/p-2. The first-order chi connectivity index (χ1) is 15.1. The summed E-state index contributed by atoms with van der Waals surface area (Å²) in [6.45, 7) is 4.11. The van der Waals surface area contributed by atoms with Crippen LogP contribution >= 0.6 is 19.1 Å². The number of benzene rings is 3. The minimum absolute atomic E-state index is 0.106. The van der Waals surface area contributed by atoms with Gasteiger partial charge in [-0.25, -0.2) is 0 Å². The van der Waals surface area contributed by atoms with Crippen LogP contribution in [0.2, 0.25) is 0 Å². The van der Waals surface area contributed by atoms with Crippen LogP contribution in [0, 0.1) is 13.8 Å². The Kier molecular flexibility index (Phi) is 7.00. The van der Waals surface area contributed by atoms with E-state index >= 15 is 0 Å². The molecule has 0 N–H and O–H groups in total. The topological polar surface area (TPSA) is 25.8 Å². The van der Waals surface area contributed by atoms with Gasteiger partial charge in [0.05, 0.1) is 11.0 Å². The van der Waals surface area contributed by atoms with Crippen LogP contribution in [-0.2, 0) is 15.9 Å². The van der Waals surface area contributed by atoms with Crippen LogP contribution in [0.1, 0.15) is 11.4 Å². The van der Waals surface area contributed by atoms with Gasteiger partial charge < -0.3 is 0 Å². The maximum absolute atomic E-state index is 4.90. The van der Waals surface area contributed by atoms with Crippen molar-refractivity contribution in [3.05, 3.63) is 96.3 Å². The fourth-order valence-electron chi connectivity index (χ4n) is 3.94. The Morgan fingerprint density at radius 2 is 0.935 bits per heavy atom. The molecule has 0 aliphatic rings. The van der Waals surface area contributed by atoms with E-state index in [4.69, 9.17) is 29.0 Å². The molecule has 0 aliphatic carbocycles. The first kappa shape index (κ1) is 21.9. The van der Waals surface area contributed by atoms with Gasteiger partial charge in [0.2, 0.25) is 0 Å². The van der Waals surface area contributed by atoms with E-state index < -0.39 is 0 Å². The molecule has 2 aromatic heterocycles. The Balaban J connectivity index is 0.000000730. The summed E-state index contributed by atoms with van der Waals surface area (Å²) in [6, 6.07) is 29.7. The van der Waals surface area contributed by atoms with Gasteiger partial charge in [-0.3, -0.25) is 9.97 Å². The number of halogens is 2. The summed E-state index contributed by atoms with van der Waals surface area (Å²) in [5, 5.41) is 2.28. The van der Waals surface area contributed by atoms with Gasteiger partial charge in [0, 0.05) is 22.2 Å². The van der Waals surface area contributed by atoms with Crippen molar-refractivity contribution in [2.24, 2.45) is 0 Å². The number of aryl methyl sites for hydroxylation is 2. The van der Waals surface area contributed by atoms with Gasteiger partial charge in [-0.2, -0.15) is 0 Å². The maximum atomic E-state index is 4.90. The van der Waals surface area contributed by atoms with E-state index in [2.05, 4.69) is 86.6 Å². The number of hydrogen-bond donors (Lipinski definition) is 0. The predicted molar refractivity (Wildman–Crippen MR) is 129 cm³/mol. The van der Waals surface area contributed by atoms with Gasteiger partial charge >= 0.3 is 35.0 Å². The van der Waals surface area contributed by atoms with Crippen LogP contribution in [0.25, 0.3) is 44.1 Å². The van der Waals surface area contributed by atoms with Crippen molar-refractivity contribution in [3.8, 4) is 22.3 Å². The number of rotatable bonds is 2. The number of hydrogen-bond acceptors (Lipinski definition) is 2. The average molecular weight is 538 g/mol. The molecule has 5 rings (SSSR count). The quantitative estimate of drug-likeness (QED) is 0.168. The van der Waals surface area contributed by atoms with Gasteiger partial charge in [0.15, 0.2) is 0 Å². The Morgan fingerprint density at radius 1 is 0.581 bits per heavy atom. The first-order valence-electron chi connectivity index (χ1n) is 9.77. The van der Waals surface area contributed by atoms with Crippen LogP contribution in [0.3, 0.4) is 0 Å². The molecule has 0 atom stereocenters. The summed E-state index contributed by atoms with van der Waals surface area (Å²) in [4.78, 5) is 9.81. The van der Waals surface area contributed by atoms with Crippen molar-refractivity contribution in [2.45, 2.75) is 13.8 Å². The zero-order chi connectivity index (χ0) is 21.8. The van der Waals surface area contributed by atoms with Crippen molar-refractivity contribution >= 4 is 40.9 Å². The van der Waals surface area contributed by atoms with E-state index in [1.165, 1.54) is 22.3 Å². The molecule has 158 valence electrons. The molecule has 5 heteroatoms. The second-order valence-electron chi connectivity index (χ2n) is 7.26. The molecule has 2 heterocycles. The molecule has 0 spiro atoms. The Labute approximate surface area is 198 Å². The van der Waals surface area contributed by atoms with E-state index in [9.17, 15) is 0 Å². The third kappa shape index (κ3) is 4.66. The SMILES string of the molecule is Cc1cc(-c2ccccc2)c2ccc3c(-c4ccccc4)cc(C)nc3c2n1.[Cl][Pd][Cl]. The minimum atomic E-state index is -0.106. The van der Waals surface area contributed by atoms with E-state index in [-0.39, 0.29) is 15.9 Å². The summed E-state index contributed by atoms with van der Waals surface area (Å²) in [6.07, 6.45) is 0. The fraction of sp³-hybridized carbons (Fsp3) is 0.0769. The van der Waals surface area contributed by atoms with Crippen LogP contribution in [-0.4, -0.2) is 9.97 Å². The molecular weight excluding hydrogens is 518 g/mol. The summed E-state index contributed by atoms with van der Waals surface area (Å²) < 4.78 is 0. The van der Waals surface area contributed by atoms with Crippen molar-refractivity contribution in [1.82, 2.24) is 9.97 Å². The Hall–Kier alpha value is -2.28. The van der Waals surface area contributed by atoms with Crippen molar-refractivity contribution in [1.29, 1.82) is 0 Å². The molecule has 0 amide bonds.